The van der Waals surface area contributed by atoms with Gasteiger partial charge in [-0.2, -0.15) is 0 Å². The summed E-state index contributed by atoms with van der Waals surface area (Å²) >= 11 is 0. The lowest BCUT2D eigenvalue weighted by Crippen LogP contribution is -2.59. The molecule has 2 aliphatic rings. The quantitative estimate of drug-likeness (QED) is 0.652. The van der Waals surface area contributed by atoms with Gasteiger partial charge in [0.15, 0.2) is 0 Å². The van der Waals surface area contributed by atoms with Crippen LogP contribution in [0.15, 0.2) is 0 Å². The highest BCUT2D eigenvalue weighted by Crippen LogP contribution is 2.15. The van der Waals surface area contributed by atoms with Crippen LogP contribution in [0.4, 0.5) is 0 Å². The zero-order chi connectivity index (χ0) is 10.7. The van der Waals surface area contributed by atoms with E-state index in [1.807, 2.05) is 6.92 Å². The van der Waals surface area contributed by atoms with Gasteiger partial charge in [-0.15, -0.1) is 0 Å². The van der Waals surface area contributed by atoms with E-state index in [0.717, 1.165) is 19.5 Å². The highest BCUT2D eigenvalue weighted by atomic mass is 16.6. The maximum Gasteiger partial charge on any atom is 0.332 e. The first-order valence-corrected chi connectivity index (χ1v) is 5.30. The minimum Gasteiger partial charge on any atom is -0.458 e. The molecular weight excluding hydrogens is 198 g/mol. The normalized spacial score (nSPS) is 28.5. The Balaban J connectivity index is 1.63. The predicted octanol–water partition coefficient (Wildman–Crippen LogP) is -0.303. The smallest absolute Gasteiger partial charge is 0.332 e. The number of carbonyl (C=O) groups is 1. The zero-order valence-electron chi connectivity index (χ0n) is 8.95. The number of ether oxygens (including phenoxy) is 3. The molecule has 0 aromatic rings. The first-order valence-electron chi connectivity index (χ1n) is 5.30. The van der Waals surface area contributed by atoms with Gasteiger partial charge in [-0.05, 0) is 6.92 Å². The van der Waals surface area contributed by atoms with Crippen LogP contribution in [0.3, 0.4) is 0 Å². The summed E-state index contributed by atoms with van der Waals surface area (Å²) in [5.41, 5.74) is -0.189. The Morgan fingerprint density at radius 2 is 2.40 bits per heavy atom. The molecular formula is C10H17NO4. The zero-order valence-corrected chi connectivity index (χ0v) is 8.95. The average Bonchev–Trinajstić information content (AvgIpc) is 2.64. The fourth-order valence-corrected chi connectivity index (χ4v) is 1.64. The third-order valence-corrected chi connectivity index (χ3v) is 2.72. The van der Waals surface area contributed by atoms with E-state index in [0.29, 0.717) is 13.2 Å². The summed E-state index contributed by atoms with van der Waals surface area (Å²) < 4.78 is 15.7. The summed E-state index contributed by atoms with van der Waals surface area (Å²) in [6.45, 7) is 4.81. The monoisotopic (exact) mass is 215 g/mol. The maximum absolute atomic E-state index is 11.4. The van der Waals surface area contributed by atoms with Crippen molar-refractivity contribution in [1.29, 1.82) is 0 Å². The maximum atomic E-state index is 11.4. The molecule has 2 fully saturated rings. The summed E-state index contributed by atoms with van der Waals surface area (Å²) in [4.78, 5) is 11.4. The Morgan fingerprint density at radius 1 is 1.60 bits per heavy atom. The van der Waals surface area contributed by atoms with E-state index >= 15 is 0 Å². The van der Waals surface area contributed by atoms with Gasteiger partial charge >= 0.3 is 5.97 Å². The second kappa shape index (κ2) is 4.47. The van der Waals surface area contributed by atoms with Crippen molar-refractivity contribution in [3.05, 3.63) is 0 Å². The molecule has 2 aliphatic heterocycles. The summed E-state index contributed by atoms with van der Waals surface area (Å²) in [7, 11) is 0. The van der Waals surface area contributed by atoms with Crippen molar-refractivity contribution in [2.75, 3.05) is 32.9 Å². The Kier molecular flexibility index (Phi) is 3.23. The molecule has 0 amide bonds. The average molecular weight is 215 g/mol. The van der Waals surface area contributed by atoms with E-state index in [2.05, 4.69) is 5.32 Å². The van der Waals surface area contributed by atoms with Crippen LogP contribution in [-0.2, 0) is 19.0 Å². The fraction of sp³-hybridized carbons (Fsp3) is 0.900. The molecule has 0 spiro atoms. The first kappa shape index (κ1) is 10.9. The molecule has 15 heavy (non-hydrogen) atoms. The minimum absolute atomic E-state index is 0.0364. The number of rotatable bonds is 4. The predicted molar refractivity (Wildman–Crippen MR) is 52.5 cm³/mol. The topological polar surface area (TPSA) is 56.8 Å². The second-order valence-electron chi connectivity index (χ2n) is 4.32. The van der Waals surface area contributed by atoms with Gasteiger partial charge in [-0.3, -0.25) is 0 Å². The van der Waals surface area contributed by atoms with Gasteiger partial charge in [-0.1, -0.05) is 0 Å². The van der Waals surface area contributed by atoms with Crippen LogP contribution < -0.4 is 5.32 Å². The van der Waals surface area contributed by atoms with Crippen LogP contribution in [0.25, 0.3) is 0 Å². The molecule has 2 rings (SSSR count). The first-order chi connectivity index (χ1) is 7.18. The summed E-state index contributed by atoms with van der Waals surface area (Å²) in [6.07, 6.45) is 0.721. The van der Waals surface area contributed by atoms with Crippen molar-refractivity contribution in [3.8, 4) is 0 Å². The highest BCUT2D eigenvalue weighted by molar-refractivity contribution is 5.71. The summed E-state index contributed by atoms with van der Waals surface area (Å²) in [5, 5.41) is 3.10. The van der Waals surface area contributed by atoms with E-state index in [1.165, 1.54) is 0 Å². The Morgan fingerprint density at radius 3 is 2.93 bits per heavy atom. The largest absolute Gasteiger partial charge is 0.458 e. The van der Waals surface area contributed by atoms with Gasteiger partial charge in [0.05, 0.1) is 18.8 Å². The van der Waals surface area contributed by atoms with E-state index in [4.69, 9.17) is 14.2 Å². The van der Waals surface area contributed by atoms with E-state index < -0.39 is 0 Å². The lowest BCUT2D eigenvalue weighted by Gasteiger charge is -2.38. The van der Waals surface area contributed by atoms with Crippen LogP contribution in [0.1, 0.15) is 13.3 Å². The number of esters is 1. The van der Waals surface area contributed by atoms with Crippen molar-refractivity contribution in [3.63, 3.8) is 0 Å². The van der Waals surface area contributed by atoms with Crippen LogP contribution in [0.5, 0.6) is 0 Å². The molecule has 0 aromatic carbocycles. The molecule has 2 saturated heterocycles. The van der Waals surface area contributed by atoms with Gasteiger partial charge in [0.2, 0.25) is 0 Å². The fourth-order valence-electron chi connectivity index (χ4n) is 1.64. The molecule has 1 atom stereocenters. The molecule has 2 heterocycles. The second-order valence-corrected chi connectivity index (χ2v) is 4.32. The number of carbonyl (C=O) groups excluding carboxylic acids is 1. The van der Waals surface area contributed by atoms with Gasteiger partial charge < -0.3 is 19.5 Å². The molecule has 1 N–H and O–H groups in total. The van der Waals surface area contributed by atoms with Gasteiger partial charge in [0.1, 0.15) is 12.7 Å². The lowest BCUT2D eigenvalue weighted by atomic mass is 10.0. The standard InChI is InChI=1S/C10H17NO4/c1-10(6-11-7-10)14-5-9(12)15-8-2-3-13-4-8/h8,11H,2-7H2,1H3. The van der Waals surface area contributed by atoms with E-state index in [-0.39, 0.29) is 24.3 Å². The SMILES string of the molecule is CC1(OCC(=O)OC2CCOC2)CNC1. The molecule has 0 aromatic heterocycles. The minimum atomic E-state index is -0.293. The molecule has 0 bridgehead atoms. The highest BCUT2D eigenvalue weighted by Gasteiger charge is 2.33. The Hall–Kier alpha value is -0.650. The van der Waals surface area contributed by atoms with Crippen molar-refractivity contribution < 1.29 is 19.0 Å². The van der Waals surface area contributed by atoms with Crippen molar-refractivity contribution in [1.82, 2.24) is 5.32 Å². The summed E-state index contributed by atoms with van der Waals surface area (Å²) in [5.74, 6) is -0.293. The third kappa shape index (κ3) is 2.90. The lowest BCUT2D eigenvalue weighted by molar-refractivity contribution is -0.163. The molecule has 1 unspecified atom stereocenters. The number of nitrogens with one attached hydrogen (secondary N) is 1. The van der Waals surface area contributed by atoms with Gasteiger partial charge in [0, 0.05) is 19.5 Å². The van der Waals surface area contributed by atoms with Gasteiger partial charge in [-0.25, -0.2) is 4.79 Å². The number of hydrogen-bond donors (Lipinski definition) is 1. The van der Waals surface area contributed by atoms with E-state index in [9.17, 15) is 4.79 Å². The molecule has 5 nitrogen and oxygen atoms in total. The molecule has 0 aliphatic carbocycles. The van der Waals surface area contributed by atoms with Crippen LogP contribution >= 0.6 is 0 Å². The number of hydrogen-bond acceptors (Lipinski definition) is 5. The Bertz CT molecular complexity index is 234. The molecule has 5 heteroatoms. The Labute approximate surface area is 89.1 Å². The van der Waals surface area contributed by atoms with Crippen molar-refractivity contribution in [2.45, 2.75) is 25.0 Å². The summed E-state index contributed by atoms with van der Waals surface area (Å²) in [6, 6.07) is 0. The molecule has 86 valence electrons. The van der Waals surface area contributed by atoms with E-state index in [1.54, 1.807) is 0 Å². The van der Waals surface area contributed by atoms with Gasteiger partial charge in [0.25, 0.3) is 0 Å². The van der Waals surface area contributed by atoms with Crippen LogP contribution in [-0.4, -0.2) is 50.6 Å². The third-order valence-electron chi connectivity index (χ3n) is 2.72. The van der Waals surface area contributed by atoms with Crippen molar-refractivity contribution in [2.24, 2.45) is 0 Å². The van der Waals surface area contributed by atoms with Crippen molar-refractivity contribution >= 4 is 5.97 Å². The van der Waals surface area contributed by atoms with Crippen LogP contribution in [0.2, 0.25) is 0 Å². The molecule has 0 radical (unpaired) electrons. The molecule has 0 saturated carbocycles. The van der Waals surface area contributed by atoms with Crippen LogP contribution in [0, 0.1) is 0 Å².